The predicted molar refractivity (Wildman–Crippen MR) is 127 cm³/mol. The second-order valence-electron chi connectivity index (χ2n) is 8.49. The van der Waals surface area contributed by atoms with Crippen molar-refractivity contribution in [2.24, 2.45) is 0 Å². The summed E-state index contributed by atoms with van der Waals surface area (Å²) in [5.74, 6) is -0.490. The maximum absolute atomic E-state index is 13.7. The lowest BCUT2D eigenvalue weighted by Gasteiger charge is -2.24. The molecule has 7 nitrogen and oxygen atoms in total. The van der Waals surface area contributed by atoms with Crippen molar-refractivity contribution in [2.45, 2.75) is 26.8 Å². The molecule has 1 amide bonds. The molecule has 0 saturated heterocycles. The van der Waals surface area contributed by atoms with Crippen LogP contribution in [0.25, 0.3) is 11.0 Å². The van der Waals surface area contributed by atoms with E-state index in [0.717, 1.165) is 16.7 Å². The van der Waals surface area contributed by atoms with E-state index in [4.69, 9.17) is 9.15 Å². The van der Waals surface area contributed by atoms with Crippen molar-refractivity contribution in [2.75, 3.05) is 12.0 Å². The van der Waals surface area contributed by atoms with Crippen LogP contribution in [0.15, 0.2) is 63.9 Å². The van der Waals surface area contributed by atoms with Crippen molar-refractivity contribution >= 4 is 28.7 Å². The van der Waals surface area contributed by atoms with Gasteiger partial charge in [-0.1, -0.05) is 12.1 Å². The molecule has 2 aromatic heterocycles. The first-order valence-corrected chi connectivity index (χ1v) is 10.8. The number of carbonyl (C=O) groups is 2. The molecule has 5 rings (SSSR count). The van der Waals surface area contributed by atoms with E-state index in [-0.39, 0.29) is 16.8 Å². The highest BCUT2D eigenvalue weighted by Gasteiger charge is 2.44. The van der Waals surface area contributed by atoms with E-state index >= 15 is 0 Å². The molecule has 2 aromatic carbocycles. The number of methoxy groups -OCH3 is 1. The van der Waals surface area contributed by atoms with Gasteiger partial charge in [-0.3, -0.25) is 14.5 Å². The number of anilines is 1. The van der Waals surface area contributed by atoms with Gasteiger partial charge >= 0.3 is 5.97 Å². The van der Waals surface area contributed by atoms with Crippen LogP contribution < -0.4 is 10.3 Å². The molecule has 0 spiro atoms. The van der Waals surface area contributed by atoms with E-state index in [1.54, 1.807) is 48.7 Å². The highest BCUT2D eigenvalue weighted by molar-refractivity contribution is 6.10. The number of benzene rings is 2. The smallest absolute Gasteiger partial charge is 0.337 e. The van der Waals surface area contributed by atoms with Crippen LogP contribution in [-0.2, 0) is 4.74 Å². The predicted octanol–water partition coefficient (Wildman–Crippen LogP) is 4.65. The Hall–Kier alpha value is -4.26. The molecule has 1 aliphatic rings. The average molecular weight is 454 g/mol. The van der Waals surface area contributed by atoms with E-state index < -0.39 is 17.9 Å². The number of carbonyl (C=O) groups excluding carboxylic acids is 2. The number of hydrogen-bond acceptors (Lipinski definition) is 6. The van der Waals surface area contributed by atoms with Gasteiger partial charge in [-0.05, 0) is 79.4 Å². The van der Waals surface area contributed by atoms with Gasteiger partial charge in [-0.2, -0.15) is 0 Å². The Kier molecular flexibility index (Phi) is 5.05. The SMILES string of the molecule is COC(=O)c1ccc(C2c3c(oc4cc(C)c(C)cc4c3=O)C(=O)N2c2cc(C)ccn2)cc1. The van der Waals surface area contributed by atoms with Crippen molar-refractivity contribution in [3.8, 4) is 0 Å². The molecule has 1 unspecified atom stereocenters. The molecule has 1 atom stereocenters. The molecule has 34 heavy (non-hydrogen) atoms. The third kappa shape index (κ3) is 3.28. The van der Waals surface area contributed by atoms with Crippen molar-refractivity contribution in [1.82, 2.24) is 4.98 Å². The minimum Gasteiger partial charge on any atom is -0.465 e. The average Bonchev–Trinajstić information content (AvgIpc) is 3.12. The minimum absolute atomic E-state index is 0.00565. The summed E-state index contributed by atoms with van der Waals surface area (Å²) in [5, 5.41) is 0.421. The van der Waals surface area contributed by atoms with Gasteiger partial charge < -0.3 is 9.15 Å². The summed E-state index contributed by atoms with van der Waals surface area (Å²) in [4.78, 5) is 45.2. The second kappa shape index (κ2) is 7.95. The number of aryl methyl sites for hydroxylation is 3. The number of ether oxygens (including phenoxy) is 1. The van der Waals surface area contributed by atoms with Gasteiger partial charge in [0.05, 0.1) is 29.7 Å². The van der Waals surface area contributed by atoms with Gasteiger partial charge in [0.15, 0.2) is 5.43 Å². The van der Waals surface area contributed by atoms with Gasteiger partial charge in [-0.15, -0.1) is 0 Å². The molecular formula is C27H22N2O5. The molecule has 0 bridgehead atoms. The Morgan fingerprint density at radius 2 is 1.71 bits per heavy atom. The summed E-state index contributed by atoms with van der Waals surface area (Å²) in [6.07, 6.45) is 1.62. The number of hydrogen-bond donors (Lipinski definition) is 0. The van der Waals surface area contributed by atoms with E-state index in [2.05, 4.69) is 4.98 Å². The Morgan fingerprint density at radius 3 is 2.38 bits per heavy atom. The van der Waals surface area contributed by atoms with Crippen molar-refractivity contribution in [3.63, 3.8) is 0 Å². The Bertz CT molecular complexity index is 1540. The topological polar surface area (TPSA) is 89.7 Å². The first-order chi connectivity index (χ1) is 16.3. The number of nitrogens with zero attached hydrogens (tertiary/aromatic N) is 2. The van der Waals surface area contributed by atoms with Crippen LogP contribution in [0.5, 0.6) is 0 Å². The number of amides is 1. The summed E-state index contributed by atoms with van der Waals surface area (Å²) in [7, 11) is 1.31. The highest BCUT2D eigenvalue weighted by Crippen LogP contribution is 2.41. The van der Waals surface area contributed by atoms with Crippen molar-refractivity contribution in [1.29, 1.82) is 0 Å². The van der Waals surface area contributed by atoms with E-state index in [9.17, 15) is 14.4 Å². The Labute approximate surface area is 195 Å². The maximum Gasteiger partial charge on any atom is 0.337 e. The standard InChI is InChI=1S/C27H22N2O5/c1-14-9-10-28-21(11-14)29-23(17-5-7-18(8-6-17)27(32)33-4)22-24(30)19-12-15(2)16(3)13-20(19)34-25(22)26(29)31/h5-13,23H,1-4H3. The zero-order valence-corrected chi connectivity index (χ0v) is 19.2. The first kappa shape index (κ1) is 21.6. The van der Waals surface area contributed by atoms with Gasteiger partial charge in [-0.25, -0.2) is 9.78 Å². The van der Waals surface area contributed by atoms with Gasteiger partial charge in [0.1, 0.15) is 11.4 Å². The summed E-state index contributed by atoms with van der Waals surface area (Å²) >= 11 is 0. The fourth-order valence-corrected chi connectivity index (χ4v) is 4.35. The molecule has 7 heteroatoms. The normalized spacial score (nSPS) is 15.0. The molecule has 170 valence electrons. The molecule has 3 heterocycles. The first-order valence-electron chi connectivity index (χ1n) is 10.8. The quantitative estimate of drug-likeness (QED) is 0.419. The molecule has 0 N–H and O–H groups in total. The molecule has 0 aliphatic carbocycles. The van der Waals surface area contributed by atoms with Crippen LogP contribution >= 0.6 is 0 Å². The molecule has 1 aliphatic heterocycles. The van der Waals surface area contributed by atoms with Crippen LogP contribution in [0.4, 0.5) is 5.82 Å². The monoisotopic (exact) mass is 454 g/mol. The van der Waals surface area contributed by atoms with Crippen LogP contribution in [0.1, 0.15) is 54.8 Å². The fourth-order valence-electron chi connectivity index (χ4n) is 4.35. The number of aromatic nitrogens is 1. The third-order valence-electron chi connectivity index (χ3n) is 6.28. The van der Waals surface area contributed by atoms with Gasteiger partial charge in [0, 0.05) is 6.20 Å². The van der Waals surface area contributed by atoms with Crippen molar-refractivity contribution < 1.29 is 18.7 Å². The van der Waals surface area contributed by atoms with E-state index in [0.29, 0.717) is 27.9 Å². The molecule has 4 aromatic rings. The number of pyridine rings is 1. The summed E-state index contributed by atoms with van der Waals surface area (Å²) in [6.45, 7) is 5.76. The summed E-state index contributed by atoms with van der Waals surface area (Å²) < 4.78 is 10.8. The highest BCUT2D eigenvalue weighted by atomic mass is 16.5. The number of fused-ring (bicyclic) bond motifs is 2. The fraction of sp³-hybridized carbons (Fsp3) is 0.185. The molecular weight excluding hydrogens is 432 g/mol. The van der Waals surface area contributed by atoms with Crippen LogP contribution in [0.2, 0.25) is 0 Å². The van der Waals surface area contributed by atoms with Crippen molar-refractivity contribution in [3.05, 3.63) is 104 Å². The maximum atomic E-state index is 13.7. The lowest BCUT2D eigenvalue weighted by atomic mass is 9.96. The lowest BCUT2D eigenvalue weighted by Crippen LogP contribution is -2.30. The minimum atomic E-state index is -0.759. The Morgan fingerprint density at radius 1 is 1.00 bits per heavy atom. The van der Waals surface area contributed by atoms with E-state index in [1.807, 2.05) is 26.8 Å². The summed E-state index contributed by atoms with van der Waals surface area (Å²) in [6, 6.07) is 13.1. The van der Waals surface area contributed by atoms with Crippen LogP contribution in [0.3, 0.4) is 0 Å². The summed E-state index contributed by atoms with van der Waals surface area (Å²) in [5.41, 5.74) is 4.24. The molecule has 0 radical (unpaired) electrons. The largest absolute Gasteiger partial charge is 0.465 e. The molecule has 0 saturated carbocycles. The second-order valence-corrected chi connectivity index (χ2v) is 8.49. The van der Waals surface area contributed by atoms with E-state index in [1.165, 1.54) is 12.0 Å². The third-order valence-corrected chi connectivity index (χ3v) is 6.28. The van der Waals surface area contributed by atoms with Gasteiger partial charge in [0.2, 0.25) is 5.76 Å². The zero-order valence-electron chi connectivity index (χ0n) is 19.2. The van der Waals surface area contributed by atoms with Gasteiger partial charge in [0.25, 0.3) is 5.91 Å². The number of esters is 1. The van der Waals surface area contributed by atoms with Crippen LogP contribution in [-0.4, -0.2) is 24.0 Å². The molecule has 0 fully saturated rings. The number of rotatable bonds is 3. The lowest BCUT2D eigenvalue weighted by molar-refractivity contribution is 0.0600. The van der Waals surface area contributed by atoms with Crippen LogP contribution in [0, 0.1) is 20.8 Å². The zero-order chi connectivity index (χ0) is 24.1. The Balaban J connectivity index is 1.78.